The number of sulfonamides is 1. The van der Waals surface area contributed by atoms with Crippen molar-refractivity contribution in [2.45, 2.75) is 46.0 Å². The molecule has 0 fully saturated rings. The molecule has 1 aliphatic carbocycles. The lowest BCUT2D eigenvalue weighted by Crippen LogP contribution is -2.34. The van der Waals surface area contributed by atoms with Crippen molar-refractivity contribution in [2.24, 2.45) is 15.4 Å². The van der Waals surface area contributed by atoms with Crippen LogP contribution in [0.1, 0.15) is 46.0 Å². The quantitative estimate of drug-likeness (QED) is 0.690. The van der Waals surface area contributed by atoms with Crippen LogP contribution in [0.3, 0.4) is 0 Å². The Balaban J connectivity index is 2.18. The van der Waals surface area contributed by atoms with Gasteiger partial charge in [0, 0.05) is 19.5 Å². The first-order valence-electron chi connectivity index (χ1n) is 7.48. The predicted octanol–water partition coefficient (Wildman–Crippen LogP) is 3.21. The predicted molar refractivity (Wildman–Crippen MR) is 83.4 cm³/mol. The van der Waals surface area contributed by atoms with Crippen molar-refractivity contribution in [2.75, 3.05) is 13.1 Å². The van der Waals surface area contributed by atoms with Crippen molar-refractivity contribution in [3.05, 3.63) is 22.8 Å². The highest BCUT2D eigenvalue weighted by Crippen LogP contribution is 2.27. The lowest BCUT2D eigenvalue weighted by atomic mass is 10.1. The van der Waals surface area contributed by atoms with Crippen LogP contribution >= 0.6 is 0 Å². The van der Waals surface area contributed by atoms with Crippen LogP contribution in [-0.4, -0.2) is 31.5 Å². The van der Waals surface area contributed by atoms with Gasteiger partial charge >= 0.3 is 0 Å². The Morgan fingerprint density at radius 1 is 1.14 bits per heavy atom. The lowest BCUT2D eigenvalue weighted by molar-refractivity contribution is 0.399. The first-order chi connectivity index (χ1) is 10.1. The van der Waals surface area contributed by atoms with Gasteiger partial charge in [0.25, 0.3) is 0 Å². The average molecular weight is 310 g/mol. The zero-order valence-electron chi connectivity index (χ0n) is 12.6. The van der Waals surface area contributed by atoms with Crippen LogP contribution in [0.15, 0.2) is 38.2 Å². The Labute approximate surface area is 126 Å². The highest BCUT2D eigenvalue weighted by atomic mass is 32.2. The molecule has 21 heavy (non-hydrogen) atoms. The van der Waals surface area contributed by atoms with Gasteiger partial charge in [0.2, 0.25) is 10.0 Å². The summed E-state index contributed by atoms with van der Waals surface area (Å²) in [5.41, 5.74) is 1.31. The van der Waals surface area contributed by atoms with Crippen LogP contribution < -0.4 is 0 Å². The van der Waals surface area contributed by atoms with E-state index >= 15 is 0 Å². The third-order valence-corrected chi connectivity index (χ3v) is 5.56. The van der Waals surface area contributed by atoms with Gasteiger partial charge in [-0.3, -0.25) is 0 Å². The molecule has 0 atom stereocenters. The number of rotatable bonds is 8. The minimum atomic E-state index is -3.42. The van der Waals surface area contributed by atoms with Crippen molar-refractivity contribution in [1.82, 2.24) is 4.31 Å². The number of fused-ring (bicyclic) bond motifs is 1. The van der Waals surface area contributed by atoms with Gasteiger partial charge in [0.15, 0.2) is 0 Å². The maximum Gasteiger partial charge on any atom is 0.239 e. The van der Waals surface area contributed by atoms with Crippen molar-refractivity contribution < 1.29 is 8.42 Å². The summed E-state index contributed by atoms with van der Waals surface area (Å²) >= 11 is 0. The number of nitrogens with zero attached hydrogens (tertiary/aromatic N) is 4. The highest BCUT2D eigenvalue weighted by molar-refractivity contribution is 7.93. The first kappa shape index (κ1) is 16.0. The van der Waals surface area contributed by atoms with E-state index in [4.69, 9.17) is 0 Å². The van der Waals surface area contributed by atoms with E-state index < -0.39 is 10.0 Å². The molecule has 2 rings (SSSR count). The molecule has 6 nitrogen and oxygen atoms in total. The van der Waals surface area contributed by atoms with Gasteiger partial charge in [-0.05, 0) is 30.2 Å². The molecule has 0 spiro atoms. The second kappa shape index (κ2) is 7.09. The monoisotopic (exact) mass is 310 g/mol. The molecule has 0 aromatic rings. The Bertz CT molecular complexity index is 594. The van der Waals surface area contributed by atoms with Crippen LogP contribution in [0.2, 0.25) is 0 Å². The fraction of sp³-hybridized carbons (Fsp3) is 0.643. The second-order valence-electron chi connectivity index (χ2n) is 5.21. The van der Waals surface area contributed by atoms with Crippen molar-refractivity contribution in [3.8, 4) is 0 Å². The van der Waals surface area contributed by atoms with E-state index in [2.05, 4.69) is 29.3 Å². The van der Waals surface area contributed by atoms with E-state index in [0.717, 1.165) is 25.7 Å². The molecule has 0 aromatic carbocycles. The second-order valence-corrected chi connectivity index (χ2v) is 7.20. The molecule has 0 amide bonds. The van der Waals surface area contributed by atoms with Crippen molar-refractivity contribution in [1.29, 1.82) is 0 Å². The number of hydrogen-bond acceptors (Lipinski definition) is 5. The maximum absolute atomic E-state index is 12.8. The van der Waals surface area contributed by atoms with Gasteiger partial charge in [0.05, 0.1) is 10.6 Å². The smallest absolute Gasteiger partial charge is 0.207 e. The SMILES string of the molecule is CCCCN(CCCC)S(=O)(=O)C1=CC=C2N=NN=C2C1. The van der Waals surface area contributed by atoms with Crippen LogP contribution in [-0.2, 0) is 10.0 Å². The Hall–Kier alpha value is -1.34. The van der Waals surface area contributed by atoms with Gasteiger partial charge < -0.3 is 0 Å². The van der Waals surface area contributed by atoms with Gasteiger partial charge in [0.1, 0.15) is 5.70 Å². The van der Waals surface area contributed by atoms with Crippen LogP contribution in [0.4, 0.5) is 0 Å². The number of unbranched alkanes of at least 4 members (excludes halogenated alkanes) is 2. The Morgan fingerprint density at radius 2 is 1.81 bits per heavy atom. The standard InChI is InChI=1S/C14H22N4O2S/c1-3-5-9-18(10-6-4-2)21(19,20)12-7-8-13-14(11-12)16-17-15-13/h7-8H,3-6,9-11H2,1-2H3. The molecule has 0 bridgehead atoms. The van der Waals surface area contributed by atoms with E-state index in [1.54, 1.807) is 16.5 Å². The summed E-state index contributed by atoms with van der Waals surface area (Å²) in [6.07, 6.45) is 7.32. The molecule has 0 saturated heterocycles. The first-order valence-corrected chi connectivity index (χ1v) is 8.92. The topological polar surface area (TPSA) is 74.5 Å². The van der Waals surface area contributed by atoms with E-state index in [0.29, 0.717) is 29.4 Å². The molecule has 0 unspecified atom stereocenters. The fourth-order valence-corrected chi connectivity index (χ4v) is 3.88. The molecule has 0 N–H and O–H groups in total. The fourth-order valence-electron chi connectivity index (χ4n) is 2.25. The van der Waals surface area contributed by atoms with E-state index in [-0.39, 0.29) is 6.42 Å². The zero-order valence-corrected chi connectivity index (χ0v) is 13.4. The third-order valence-electron chi connectivity index (χ3n) is 3.58. The van der Waals surface area contributed by atoms with E-state index in [1.807, 2.05) is 0 Å². The molecule has 0 radical (unpaired) electrons. The third kappa shape index (κ3) is 3.65. The molecule has 1 heterocycles. The molecular formula is C14H22N4O2S. The maximum atomic E-state index is 12.8. The van der Waals surface area contributed by atoms with Crippen molar-refractivity contribution in [3.63, 3.8) is 0 Å². The van der Waals surface area contributed by atoms with Crippen LogP contribution in [0.25, 0.3) is 0 Å². The molecule has 7 heteroatoms. The summed E-state index contributed by atoms with van der Waals surface area (Å²) in [6, 6.07) is 0. The summed E-state index contributed by atoms with van der Waals surface area (Å²) in [5, 5.41) is 11.3. The summed E-state index contributed by atoms with van der Waals surface area (Å²) in [7, 11) is -3.42. The summed E-state index contributed by atoms with van der Waals surface area (Å²) in [6.45, 7) is 5.29. The van der Waals surface area contributed by atoms with Crippen molar-refractivity contribution >= 4 is 15.7 Å². The van der Waals surface area contributed by atoms with E-state index in [9.17, 15) is 8.42 Å². The van der Waals surface area contributed by atoms with E-state index in [1.165, 1.54) is 0 Å². The zero-order chi connectivity index (χ0) is 15.3. The number of hydrogen-bond donors (Lipinski definition) is 0. The van der Waals surface area contributed by atoms with Gasteiger partial charge in [-0.2, -0.15) is 4.31 Å². The molecule has 1 aliphatic heterocycles. The van der Waals surface area contributed by atoms with Gasteiger partial charge in [-0.1, -0.05) is 26.7 Å². The highest BCUT2D eigenvalue weighted by Gasteiger charge is 2.30. The molecule has 0 aromatic heterocycles. The number of allylic oxidation sites excluding steroid dienone is 4. The average Bonchev–Trinajstić information content (AvgIpc) is 2.94. The minimum absolute atomic E-state index is 0.288. The molecule has 116 valence electrons. The van der Waals surface area contributed by atoms with Crippen LogP contribution in [0.5, 0.6) is 0 Å². The van der Waals surface area contributed by atoms with Gasteiger partial charge in [-0.25, -0.2) is 8.42 Å². The molecular weight excluding hydrogens is 288 g/mol. The summed E-state index contributed by atoms with van der Waals surface area (Å²) in [4.78, 5) is 0.393. The molecule has 2 aliphatic rings. The summed E-state index contributed by atoms with van der Waals surface area (Å²) < 4.78 is 27.2. The Morgan fingerprint density at radius 3 is 2.43 bits per heavy atom. The molecule has 0 saturated carbocycles. The van der Waals surface area contributed by atoms with Crippen LogP contribution in [0, 0.1) is 0 Å². The van der Waals surface area contributed by atoms with Gasteiger partial charge in [-0.15, -0.1) is 10.2 Å². The Kier molecular flexibility index (Phi) is 5.41. The largest absolute Gasteiger partial charge is 0.239 e. The normalized spacial score (nSPS) is 17.6. The summed E-state index contributed by atoms with van der Waals surface area (Å²) in [5.74, 6) is 0. The lowest BCUT2D eigenvalue weighted by Gasteiger charge is -2.24. The minimum Gasteiger partial charge on any atom is -0.207 e.